The van der Waals surface area contributed by atoms with Crippen molar-refractivity contribution < 1.29 is 14.0 Å². The predicted molar refractivity (Wildman–Crippen MR) is 101 cm³/mol. The van der Waals surface area contributed by atoms with Crippen LogP contribution in [0.1, 0.15) is 22.5 Å². The lowest BCUT2D eigenvalue weighted by molar-refractivity contribution is -0.121. The molecule has 4 rings (SSSR count). The number of benzene rings is 1. The molecule has 1 fully saturated rings. The molecule has 0 radical (unpaired) electrons. The Balaban J connectivity index is 1.42. The van der Waals surface area contributed by atoms with Gasteiger partial charge in [0, 0.05) is 24.3 Å². The van der Waals surface area contributed by atoms with Crippen LogP contribution < -0.4 is 5.32 Å². The summed E-state index contributed by atoms with van der Waals surface area (Å²) in [5.41, 5.74) is 1.40. The molecule has 2 amide bonds. The Labute approximate surface area is 160 Å². The van der Waals surface area contributed by atoms with E-state index in [2.05, 4.69) is 15.5 Å². The smallest absolute Gasteiger partial charge is 0.263 e. The van der Waals surface area contributed by atoms with Crippen molar-refractivity contribution in [2.45, 2.75) is 12.8 Å². The summed E-state index contributed by atoms with van der Waals surface area (Å²) in [4.78, 5) is 27.8. The predicted octanol–water partition coefficient (Wildman–Crippen LogP) is 3.29. The van der Waals surface area contributed by atoms with Crippen LogP contribution in [0.3, 0.4) is 0 Å². The lowest BCUT2D eigenvalue weighted by Crippen LogP contribution is -2.43. The number of carbonyl (C=O) groups excluding carboxylic acids is 2. The number of aromatic nitrogens is 2. The van der Waals surface area contributed by atoms with E-state index in [0.717, 1.165) is 18.4 Å². The lowest BCUT2D eigenvalue weighted by atomic mass is 9.96. The SMILES string of the molecule is O=C(Nc1cccc(-c2nnco2)c1)C1CCCN(C(=O)c2cccs2)C1. The van der Waals surface area contributed by atoms with Gasteiger partial charge >= 0.3 is 0 Å². The highest BCUT2D eigenvalue weighted by molar-refractivity contribution is 7.12. The first-order valence-electron chi connectivity index (χ1n) is 8.71. The quantitative estimate of drug-likeness (QED) is 0.748. The van der Waals surface area contributed by atoms with Crippen molar-refractivity contribution in [2.75, 3.05) is 18.4 Å². The number of anilines is 1. The van der Waals surface area contributed by atoms with Gasteiger partial charge in [0.2, 0.25) is 18.2 Å². The molecule has 1 atom stereocenters. The van der Waals surface area contributed by atoms with Crippen molar-refractivity contribution in [3.8, 4) is 11.5 Å². The third kappa shape index (κ3) is 3.90. The normalized spacial score (nSPS) is 16.9. The maximum absolute atomic E-state index is 12.7. The van der Waals surface area contributed by atoms with E-state index in [9.17, 15) is 9.59 Å². The molecule has 0 aliphatic carbocycles. The molecule has 8 heteroatoms. The minimum atomic E-state index is -0.227. The van der Waals surface area contributed by atoms with E-state index in [4.69, 9.17) is 4.42 Å². The van der Waals surface area contributed by atoms with Crippen LogP contribution in [0.15, 0.2) is 52.6 Å². The third-order valence-corrected chi connectivity index (χ3v) is 5.41. The number of nitrogens with zero attached hydrogens (tertiary/aromatic N) is 3. The number of nitrogens with one attached hydrogen (secondary N) is 1. The number of thiophene rings is 1. The molecule has 0 spiro atoms. The Morgan fingerprint density at radius 2 is 2.19 bits per heavy atom. The average Bonchev–Trinajstić information content (AvgIpc) is 3.42. The summed E-state index contributed by atoms with van der Waals surface area (Å²) >= 11 is 1.43. The summed E-state index contributed by atoms with van der Waals surface area (Å²) in [6, 6.07) is 11.0. The van der Waals surface area contributed by atoms with Gasteiger partial charge in [-0.3, -0.25) is 9.59 Å². The molecule has 1 aliphatic rings. The van der Waals surface area contributed by atoms with Gasteiger partial charge in [-0.2, -0.15) is 0 Å². The van der Waals surface area contributed by atoms with E-state index in [1.54, 1.807) is 11.0 Å². The molecule has 27 heavy (non-hydrogen) atoms. The fourth-order valence-corrected chi connectivity index (χ4v) is 3.90. The summed E-state index contributed by atoms with van der Waals surface area (Å²) in [6.45, 7) is 1.12. The zero-order chi connectivity index (χ0) is 18.6. The van der Waals surface area contributed by atoms with Gasteiger partial charge in [0.05, 0.1) is 10.8 Å². The highest BCUT2D eigenvalue weighted by atomic mass is 32.1. The van der Waals surface area contributed by atoms with Crippen molar-refractivity contribution in [1.29, 1.82) is 0 Å². The van der Waals surface area contributed by atoms with Gasteiger partial charge in [-0.15, -0.1) is 21.5 Å². The summed E-state index contributed by atoms with van der Waals surface area (Å²) in [5.74, 6) is 0.0912. The molecule has 0 saturated carbocycles. The molecule has 3 heterocycles. The summed E-state index contributed by atoms with van der Waals surface area (Å²) in [6.07, 6.45) is 2.85. The molecule has 1 saturated heterocycles. The zero-order valence-electron chi connectivity index (χ0n) is 14.5. The van der Waals surface area contributed by atoms with Crippen LogP contribution in [0, 0.1) is 5.92 Å². The first-order valence-corrected chi connectivity index (χ1v) is 9.59. The van der Waals surface area contributed by atoms with Crippen molar-refractivity contribution in [1.82, 2.24) is 15.1 Å². The standard InChI is InChI=1S/C19H18N4O3S/c24-17(21-15-6-1-4-13(10-15)18-22-20-12-26-18)14-5-2-8-23(11-14)19(25)16-7-3-9-27-16/h1,3-4,6-7,9-10,12,14H,2,5,8,11H2,(H,21,24). The summed E-state index contributed by atoms with van der Waals surface area (Å²) in [7, 11) is 0. The maximum Gasteiger partial charge on any atom is 0.263 e. The van der Waals surface area contributed by atoms with Gasteiger partial charge in [0.15, 0.2) is 0 Å². The van der Waals surface area contributed by atoms with Gasteiger partial charge in [0.1, 0.15) is 0 Å². The molecular weight excluding hydrogens is 364 g/mol. The van der Waals surface area contributed by atoms with Crippen LogP contribution in [0.4, 0.5) is 5.69 Å². The molecule has 138 valence electrons. The fraction of sp³-hybridized carbons (Fsp3) is 0.263. The van der Waals surface area contributed by atoms with E-state index >= 15 is 0 Å². The van der Waals surface area contributed by atoms with E-state index < -0.39 is 0 Å². The van der Waals surface area contributed by atoms with Gasteiger partial charge in [-0.25, -0.2) is 0 Å². The molecule has 7 nitrogen and oxygen atoms in total. The zero-order valence-corrected chi connectivity index (χ0v) is 15.3. The highest BCUT2D eigenvalue weighted by Gasteiger charge is 2.29. The van der Waals surface area contributed by atoms with Crippen molar-refractivity contribution >= 4 is 28.8 Å². The monoisotopic (exact) mass is 382 g/mol. The van der Waals surface area contributed by atoms with Crippen molar-refractivity contribution in [3.63, 3.8) is 0 Å². The van der Waals surface area contributed by atoms with Crippen LogP contribution in [0.25, 0.3) is 11.5 Å². The topological polar surface area (TPSA) is 88.3 Å². The van der Waals surface area contributed by atoms with E-state index in [-0.39, 0.29) is 17.7 Å². The van der Waals surface area contributed by atoms with E-state index in [0.29, 0.717) is 29.5 Å². The van der Waals surface area contributed by atoms with Crippen molar-refractivity contribution in [2.24, 2.45) is 5.92 Å². The largest absolute Gasteiger partial charge is 0.423 e. The Morgan fingerprint density at radius 1 is 1.26 bits per heavy atom. The second-order valence-electron chi connectivity index (χ2n) is 6.38. The number of carbonyl (C=O) groups is 2. The Hall–Kier alpha value is -3.00. The van der Waals surface area contributed by atoms with Crippen molar-refractivity contribution in [3.05, 3.63) is 53.0 Å². The van der Waals surface area contributed by atoms with Crippen LogP contribution in [0.5, 0.6) is 0 Å². The molecule has 1 N–H and O–H groups in total. The van der Waals surface area contributed by atoms with Gasteiger partial charge in [-0.1, -0.05) is 12.1 Å². The molecule has 2 aromatic heterocycles. The van der Waals surface area contributed by atoms with Gasteiger partial charge in [-0.05, 0) is 42.5 Å². The lowest BCUT2D eigenvalue weighted by Gasteiger charge is -2.31. The summed E-state index contributed by atoms with van der Waals surface area (Å²) in [5, 5.41) is 12.4. The van der Waals surface area contributed by atoms with E-state index in [1.807, 2.05) is 35.7 Å². The molecule has 3 aromatic rings. The molecule has 1 aromatic carbocycles. The number of likely N-dealkylation sites (tertiary alicyclic amines) is 1. The van der Waals surface area contributed by atoms with Crippen LogP contribution in [0.2, 0.25) is 0 Å². The number of amides is 2. The Kier molecular flexibility index (Phi) is 4.97. The second-order valence-corrected chi connectivity index (χ2v) is 7.33. The van der Waals surface area contributed by atoms with Gasteiger partial charge < -0.3 is 14.6 Å². The minimum Gasteiger partial charge on any atom is -0.423 e. The Bertz CT molecular complexity index is 924. The number of hydrogen-bond donors (Lipinski definition) is 1. The Morgan fingerprint density at radius 3 is 2.96 bits per heavy atom. The molecular formula is C19H18N4O3S. The number of rotatable bonds is 4. The molecule has 1 aliphatic heterocycles. The van der Waals surface area contributed by atoms with Crippen LogP contribution >= 0.6 is 11.3 Å². The number of piperidine rings is 1. The first-order chi connectivity index (χ1) is 13.2. The average molecular weight is 382 g/mol. The summed E-state index contributed by atoms with van der Waals surface area (Å²) < 4.78 is 5.19. The van der Waals surface area contributed by atoms with Crippen LogP contribution in [-0.2, 0) is 4.79 Å². The van der Waals surface area contributed by atoms with Crippen LogP contribution in [-0.4, -0.2) is 40.0 Å². The molecule has 1 unspecified atom stereocenters. The fourth-order valence-electron chi connectivity index (χ4n) is 3.20. The minimum absolute atomic E-state index is 0.000825. The van der Waals surface area contributed by atoms with E-state index in [1.165, 1.54) is 17.7 Å². The first kappa shape index (κ1) is 17.4. The number of hydrogen-bond acceptors (Lipinski definition) is 6. The second kappa shape index (κ2) is 7.71. The third-order valence-electron chi connectivity index (χ3n) is 4.55. The molecule has 0 bridgehead atoms. The highest BCUT2D eigenvalue weighted by Crippen LogP contribution is 2.24. The van der Waals surface area contributed by atoms with Gasteiger partial charge in [0.25, 0.3) is 5.91 Å². The maximum atomic E-state index is 12.7.